The standard InChI is InChI=1S/C20H19Cl2NO2.C8H9FN2O/c21-14-2-1-3-15(22)17(14)18-12(19(25-23-18)10-4-5-10)9-24-16-6-11-7-20(11)8-13(16)20;9-7-3-1-6(2-4-7)5-11-8(10)12/h1-3,10-11,13,16H,4-9H2;1-4H,5H2,(H3,10,11,12). The van der Waals surface area contributed by atoms with Gasteiger partial charge in [-0.1, -0.05) is 46.6 Å². The van der Waals surface area contributed by atoms with Gasteiger partial charge in [-0.15, -0.1) is 0 Å². The van der Waals surface area contributed by atoms with Crippen LogP contribution in [-0.2, 0) is 17.9 Å². The van der Waals surface area contributed by atoms with Crippen LogP contribution in [0.25, 0.3) is 11.3 Å². The Kier molecular flexibility index (Phi) is 6.42. The lowest BCUT2D eigenvalue weighted by Gasteiger charge is -2.15. The number of nitrogens with zero attached hydrogens (tertiary/aromatic N) is 1. The van der Waals surface area contributed by atoms with Gasteiger partial charge in [0.25, 0.3) is 0 Å². The van der Waals surface area contributed by atoms with Crippen LogP contribution < -0.4 is 11.1 Å². The monoisotopic (exact) mass is 543 g/mol. The Morgan fingerprint density at radius 3 is 2.49 bits per heavy atom. The van der Waals surface area contributed by atoms with Gasteiger partial charge >= 0.3 is 6.03 Å². The molecule has 0 saturated heterocycles. The minimum absolute atomic E-state index is 0.294. The molecule has 0 aliphatic heterocycles. The van der Waals surface area contributed by atoms with E-state index in [2.05, 4.69) is 10.5 Å². The number of nitrogens with two attached hydrogens (primary N) is 1. The average Bonchev–Trinajstić information content (AvgIpc) is 3.82. The number of carbonyl (C=O) groups is 1. The van der Waals surface area contributed by atoms with Gasteiger partial charge in [0, 0.05) is 23.6 Å². The molecule has 4 unspecified atom stereocenters. The van der Waals surface area contributed by atoms with E-state index >= 15 is 0 Å². The summed E-state index contributed by atoms with van der Waals surface area (Å²) in [4.78, 5) is 10.3. The second kappa shape index (κ2) is 9.61. The molecule has 1 spiro atoms. The van der Waals surface area contributed by atoms with Crippen molar-refractivity contribution in [2.45, 2.75) is 57.3 Å². The van der Waals surface area contributed by atoms with Crippen molar-refractivity contribution in [2.24, 2.45) is 23.0 Å². The van der Waals surface area contributed by atoms with Crippen molar-refractivity contribution in [3.05, 3.63) is 75.2 Å². The summed E-state index contributed by atoms with van der Waals surface area (Å²) in [7, 11) is 0. The fraction of sp³-hybridized carbons (Fsp3) is 0.429. The molecule has 0 radical (unpaired) electrons. The maximum absolute atomic E-state index is 12.4. The second-order valence-corrected chi connectivity index (χ2v) is 11.4. The van der Waals surface area contributed by atoms with Gasteiger partial charge in [-0.2, -0.15) is 0 Å². The summed E-state index contributed by atoms with van der Waals surface area (Å²) in [6, 6.07) is 10.8. The molecule has 7 rings (SSSR count). The molecule has 4 fully saturated rings. The Hall–Kier alpha value is -2.61. The van der Waals surface area contributed by atoms with Crippen LogP contribution in [0.3, 0.4) is 0 Å². The molecule has 3 N–H and O–H groups in total. The zero-order valence-corrected chi connectivity index (χ0v) is 21.7. The van der Waals surface area contributed by atoms with Crippen LogP contribution in [0, 0.1) is 23.1 Å². The number of urea groups is 1. The maximum atomic E-state index is 12.4. The zero-order valence-electron chi connectivity index (χ0n) is 20.2. The normalized spacial score (nSPS) is 26.5. The minimum Gasteiger partial charge on any atom is -0.373 e. The van der Waals surface area contributed by atoms with Gasteiger partial charge in [0.2, 0.25) is 0 Å². The first kappa shape index (κ1) is 24.7. The van der Waals surface area contributed by atoms with Crippen LogP contribution in [0.15, 0.2) is 47.0 Å². The lowest BCUT2D eigenvalue weighted by molar-refractivity contribution is 0.0242. The quantitative estimate of drug-likeness (QED) is 0.341. The number of nitrogens with one attached hydrogen (secondary N) is 1. The predicted molar refractivity (Wildman–Crippen MR) is 139 cm³/mol. The Labute approximate surface area is 224 Å². The molecule has 2 amide bonds. The van der Waals surface area contributed by atoms with E-state index in [1.165, 1.54) is 31.4 Å². The Morgan fingerprint density at radius 2 is 1.89 bits per heavy atom. The Morgan fingerprint density at radius 1 is 1.16 bits per heavy atom. The highest BCUT2D eigenvalue weighted by atomic mass is 35.5. The molecule has 4 saturated carbocycles. The van der Waals surface area contributed by atoms with E-state index in [4.69, 9.17) is 38.2 Å². The van der Waals surface area contributed by atoms with E-state index in [0.29, 0.717) is 40.6 Å². The van der Waals surface area contributed by atoms with Crippen molar-refractivity contribution in [2.75, 3.05) is 0 Å². The second-order valence-electron chi connectivity index (χ2n) is 10.6. The van der Waals surface area contributed by atoms with E-state index in [-0.39, 0.29) is 5.82 Å². The van der Waals surface area contributed by atoms with Gasteiger partial charge in [-0.05, 0) is 79.2 Å². The maximum Gasteiger partial charge on any atom is 0.312 e. The van der Waals surface area contributed by atoms with Crippen LogP contribution in [-0.4, -0.2) is 17.3 Å². The van der Waals surface area contributed by atoms with Crippen molar-refractivity contribution < 1.29 is 18.4 Å². The van der Waals surface area contributed by atoms with E-state index in [0.717, 1.165) is 52.8 Å². The molecule has 1 aromatic heterocycles. The number of primary amides is 1. The smallest absolute Gasteiger partial charge is 0.312 e. The summed E-state index contributed by atoms with van der Waals surface area (Å²) < 4.78 is 24.5. The fourth-order valence-electron chi connectivity index (χ4n) is 5.93. The van der Waals surface area contributed by atoms with Gasteiger partial charge in [-0.3, -0.25) is 0 Å². The van der Waals surface area contributed by atoms with Crippen LogP contribution in [0.1, 0.15) is 54.9 Å². The van der Waals surface area contributed by atoms with Crippen molar-refractivity contribution in [1.29, 1.82) is 0 Å². The van der Waals surface area contributed by atoms with Gasteiger partial charge < -0.3 is 20.3 Å². The van der Waals surface area contributed by atoms with Gasteiger partial charge in [0.15, 0.2) is 0 Å². The molecule has 9 heteroatoms. The van der Waals surface area contributed by atoms with Crippen LogP contribution in [0.5, 0.6) is 0 Å². The number of aromatic nitrogens is 1. The Balaban J connectivity index is 0.000000179. The number of carbonyl (C=O) groups excluding carboxylic acids is 1. The molecule has 2 aromatic carbocycles. The lowest BCUT2D eigenvalue weighted by Crippen LogP contribution is -2.28. The number of rotatable bonds is 7. The van der Waals surface area contributed by atoms with Crippen LogP contribution >= 0.6 is 23.2 Å². The molecule has 6 nitrogen and oxygen atoms in total. The Bertz CT molecular complexity index is 1310. The van der Waals surface area contributed by atoms with Crippen molar-refractivity contribution in [1.82, 2.24) is 10.5 Å². The van der Waals surface area contributed by atoms with Crippen molar-refractivity contribution in [3.8, 4) is 11.3 Å². The first-order valence-corrected chi connectivity index (χ1v) is 13.4. The number of hydrogen-bond donors (Lipinski definition) is 2. The number of halogens is 3. The third kappa shape index (κ3) is 4.97. The lowest BCUT2D eigenvalue weighted by atomic mass is 10.0. The fourth-order valence-corrected chi connectivity index (χ4v) is 6.51. The average molecular weight is 544 g/mol. The van der Waals surface area contributed by atoms with Crippen molar-refractivity contribution >= 4 is 29.2 Å². The van der Waals surface area contributed by atoms with E-state index in [1.54, 1.807) is 12.1 Å². The number of hydrogen-bond acceptors (Lipinski definition) is 4. The van der Waals surface area contributed by atoms with Gasteiger partial charge in [0.05, 0.1) is 22.8 Å². The first-order valence-electron chi connectivity index (χ1n) is 12.7. The highest BCUT2D eigenvalue weighted by molar-refractivity contribution is 6.39. The molecule has 0 bridgehead atoms. The molecule has 3 aromatic rings. The van der Waals surface area contributed by atoms with E-state index < -0.39 is 6.03 Å². The topological polar surface area (TPSA) is 90.4 Å². The summed E-state index contributed by atoms with van der Waals surface area (Å²) in [6.45, 7) is 0.881. The number of benzene rings is 2. The molecule has 4 atom stereocenters. The molecule has 4 aliphatic carbocycles. The van der Waals surface area contributed by atoms with Crippen LogP contribution in [0.4, 0.5) is 9.18 Å². The highest BCUT2D eigenvalue weighted by Gasteiger charge is 2.77. The third-order valence-electron chi connectivity index (χ3n) is 8.21. The molecule has 37 heavy (non-hydrogen) atoms. The number of amides is 2. The summed E-state index contributed by atoms with van der Waals surface area (Å²) in [5.41, 5.74) is 8.93. The molecule has 194 valence electrons. The SMILES string of the molecule is Clc1cccc(Cl)c1-c1noc(C2CC2)c1COC1CC2CC23CC13.NC(=O)NCc1ccc(F)cc1. The molecular formula is C28H28Cl2FN3O3. The van der Waals surface area contributed by atoms with E-state index in [9.17, 15) is 9.18 Å². The molecule has 4 aliphatic rings. The van der Waals surface area contributed by atoms with E-state index in [1.807, 2.05) is 18.2 Å². The predicted octanol–water partition coefficient (Wildman–Crippen LogP) is 6.83. The molecule has 1 heterocycles. The number of ether oxygens (including phenoxy) is 1. The minimum atomic E-state index is -0.584. The third-order valence-corrected chi connectivity index (χ3v) is 8.84. The first-order chi connectivity index (χ1) is 17.9. The van der Waals surface area contributed by atoms with Gasteiger partial charge in [-0.25, -0.2) is 9.18 Å². The van der Waals surface area contributed by atoms with Crippen LogP contribution in [0.2, 0.25) is 10.0 Å². The summed E-state index contributed by atoms with van der Waals surface area (Å²) in [5, 5.41) is 7.95. The largest absolute Gasteiger partial charge is 0.373 e. The highest BCUT2D eigenvalue weighted by Crippen LogP contribution is 2.82. The van der Waals surface area contributed by atoms with Gasteiger partial charge in [0.1, 0.15) is 17.3 Å². The summed E-state index contributed by atoms with van der Waals surface area (Å²) in [6.07, 6.45) is 6.79. The summed E-state index contributed by atoms with van der Waals surface area (Å²) in [5.74, 6) is 2.89. The summed E-state index contributed by atoms with van der Waals surface area (Å²) >= 11 is 12.8. The molecular weight excluding hydrogens is 516 g/mol. The van der Waals surface area contributed by atoms with Crippen molar-refractivity contribution in [3.63, 3.8) is 0 Å². The zero-order chi connectivity index (χ0) is 25.7.